The number of hydrogen-bond acceptors (Lipinski definition) is 2. The van der Waals surface area contributed by atoms with Crippen LogP contribution < -0.4 is 5.32 Å². The number of benzene rings is 1. The summed E-state index contributed by atoms with van der Waals surface area (Å²) in [7, 11) is 0. The third-order valence-electron chi connectivity index (χ3n) is 3.98. The second kappa shape index (κ2) is 6.64. The number of nitrogens with one attached hydrogen (secondary N) is 1. The van der Waals surface area contributed by atoms with Gasteiger partial charge in [-0.3, -0.25) is 0 Å². The predicted octanol–water partition coefficient (Wildman–Crippen LogP) is 3.82. The highest BCUT2D eigenvalue weighted by Crippen LogP contribution is 2.25. The molecule has 1 aromatic rings. The van der Waals surface area contributed by atoms with Gasteiger partial charge in [-0.25, -0.2) is 8.78 Å². The molecule has 112 valence electrons. The summed E-state index contributed by atoms with van der Waals surface area (Å²) in [4.78, 5) is 0. The van der Waals surface area contributed by atoms with Gasteiger partial charge in [-0.1, -0.05) is 19.9 Å². The SMILES string of the molecule is CC(NC1CCOC(C(C)C)C1)c1c(F)cccc1F. The quantitative estimate of drug-likeness (QED) is 0.907. The Labute approximate surface area is 119 Å². The van der Waals surface area contributed by atoms with E-state index in [1.54, 1.807) is 6.92 Å². The summed E-state index contributed by atoms with van der Waals surface area (Å²) in [6.07, 6.45) is 1.99. The predicted molar refractivity (Wildman–Crippen MR) is 75.5 cm³/mol. The average Bonchev–Trinajstić information content (AvgIpc) is 2.38. The molecule has 2 nitrogen and oxygen atoms in total. The fourth-order valence-electron chi connectivity index (χ4n) is 2.81. The van der Waals surface area contributed by atoms with E-state index in [0.29, 0.717) is 12.5 Å². The van der Waals surface area contributed by atoms with Crippen LogP contribution in [0.15, 0.2) is 18.2 Å². The normalized spacial score (nSPS) is 24.9. The third-order valence-corrected chi connectivity index (χ3v) is 3.98. The van der Waals surface area contributed by atoms with Crippen molar-refractivity contribution in [1.29, 1.82) is 0 Å². The summed E-state index contributed by atoms with van der Waals surface area (Å²) in [5.74, 6) is -0.518. The lowest BCUT2D eigenvalue weighted by molar-refractivity contribution is -0.0257. The molecular formula is C16H23F2NO. The van der Waals surface area contributed by atoms with Crippen molar-refractivity contribution in [3.63, 3.8) is 0 Å². The molecule has 4 heteroatoms. The van der Waals surface area contributed by atoms with E-state index >= 15 is 0 Å². The van der Waals surface area contributed by atoms with Gasteiger partial charge in [-0.05, 0) is 37.8 Å². The van der Waals surface area contributed by atoms with Crippen LogP contribution in [0.5, 0.6) is 0 Å². The van der Waals surface area contributed by atoms with Crippen molar-refractivity contribution in [2.24, 2.45) is 5.92 Å². The molecule has 1 fully saturated rings. The summed E-state index contributed by atoms with van der Waals surface area (Å²) in [5.41, 5.74) is 0.125. The van der Waals surface area contributed by atoms with E-state index in [2.05, 4.69) is 19.2 Å². The highest BCUT2D eigenvalue weighted by Gasteiger charge is 2.27. The molecule has 2 rings (SSSR count). The molecule has 0 bridgehead atoms. The maximum absolute atomic E-state index is 13.8. The Kier molecular flexibility index (Phi) is 5.11. The van der Waals surface area contributed by atoms with Gasteiger partial charge in [-0.2, -0.15) is 0 Å². The van der Waals surface area contributed by atoms with E-state index in [9.17, 15) is 8.78 Å². The Hall–Kier alpha value is -1.00. The maximum Gasteiger partial charge on any atom is 0.130 e. The van der Waals surface area contributed by atoms with Gasteiger partial charge in [0.2, 0.25) is 0 Å². The summed E-state index contributed by atoms with van der Waals surface area (Å²) in [6.45, 7) is 6.77. The highest BCUT2D eigenvalue weighted by atomic mass is 19.1. The van der Waals surface area contributed by atoms with Crippen molar-refractivity contribution in [3.05, 3.63) is 35.4 Å². The molecule has 0 aromatic heterocycles. The summed E-state index contributed by atoms with van der Waals surface area (Å²) >= 11 is 0. The molecule has 0 aliphatic carbocycles. The zero-order valence-corrected chi connectivity index (χ0v) is 12.3. The lowest BCUT2D eigenvalue weighted by Crippen LogP contribution is -2.42. The first-order valence-corrected chi connectivity index (χ1v) is 7.30. The molecule has 0 radical (unpaired) electrons. The Morgan fingerprint density at radius 2 is 1.85 bits per heavy atom. The maximum atomic E-state index is 13.8. The second-order valence-corrected chi connectivity index (χ2v) is 5.90. The molecule has 1 N–H and O–H groups in total. The van der Waals surface area contributed by atoms with Crippen molar-refractivity contribution in [1.82, 2.24) is 5.32 Å². The van der Waals surface area contributed by atoms with Gasteiger partial charge < -0.3 is 10.1 Å². The van der Waals surface area contributed by atoms with Gasteiger partial charge in [0.25, 0.3) is 0 Å². The van der Waals surface area contributed by atoms with Crippen LogP contribution in [0.1, 0.15) is 45.2 Å². The topological polar surface area (TPSA) is 21.3 Å². The number of hydrogen-bond donors (Lipinski definition) is 1. The van der Waals surface area contributed by atoms with E-state index in [4.69, 9.17) is 4.74 Å². The first kappa shape index (κ1) is 15.4. The molecular weight excluding hydrogens is 260 g/mol. The Bertz CT molecular complexity index is 430. The molecule has 0 amide bonds. The molecule has 1 aliphatic rings. The first-order chi connectivity index (χ1) is 9.49. The molecule has 1 saturated heterocycles. The van der Waals surface area contributed by atoms with Crippen molar-refractivity contribution < 1.29 is 13.5 Å². The van der Waals surface area contributed by atoms with Crippen LogP contribution in [0.4, 0.5) is 8.78 Å². The van der Waals surface area contributed by atoms with Gasteiger partial charge in [0.05, 0.1) is 6.10 Å². The zero-order chi connectivity index (χ0) is 14.7. The Balaban J connectivity index is 2.02. The number of halogens is 2. The van der Waals surface area contributed by atoms with Crippen molar-refractivity contribution in [3.8, 4) is 0 Å². The number of rotatable bonds is 4. The van der Waals surface area contributed by atoms with Crippen LogP contribution in [-0.2, 0) is 4.74 Å². The van der Waals surface area contributed by atoms with Gasteiger partial charge in [0.15, 0.2) is 0 Å². The van der Waals surface area contributed by atoms with Crippen LogP contribution in [0.2, 0.25) is 0 Å². The van der Waals surface area contributed by atoms with E-state index in [1.807, 2.05) is 0 Å². The summed E-state index contributed by atoms with van der Waals surface area (Å²) in [6, 6.07) is 3.90. The summed E-state index contributed by atoms with van der Waals surface area (Å²) in [5, 5.41) is 3.34. The standard InChI is InChI=1S/C16H23F2NO/c1-10(2)15-9-12(7-8-20-15)19-11(3)16-13(17)5-4-6-14(16)18/h4-6,10-12,15,19H,7-9H2,1-3H3. The first-order valence-electron chi connectivity index (χ1n) is 7.30. The fourth-order valence-corrected chi connectivity index (χ4v) is 2.81. The molecule has 1 aromatic carbocycles. The largest absolute Gasteiger partial charge is 0.378 e. The minimum atomic E-state index is -0.488. The molecule has 1 aliphatic heterocycles. The van der Waals surface area contributed by atoms with Crippen LogP contribution in [0.25, 0.3) is 0 Å². The number of ether oxygens (including phenoxy) is 1. The molecule has 3 atom stereocenters. The lowest BCUT2D eigenvalue weighted by atomic mass is 9.94. The van der Waals surface area contributed by atoms with Gasteiger partial charge in [-0.15, -0.1) is 0 Å². The van der Waals surface area contributed by atoms with Crippen LogP contribution >= 0.6 is 0 Å². The fraction of sp³-hybridized carbons (Fsp3) is 0.625. The van der Waals surface area contributed by atoms with Crippen LogP contribution in [0.3, 0.4) is 0 Å². The van der Waals surface area contributed by atoms with E-state index in [1.165, 1.54) is 18.2 Å². The van der Waals surface area contributed by atoms with Crippen molar-refractivity contribution >= 4 is 0 Å². The molecule has 3 unspecified atom stereocenters. The molecule has 20 heavy (non-hydrogen) atoms. The van der Waals surface area contributed by atoms with Gasteiger partial charge >= 0.3 is 0 Å². The third kappa shape index (κ3) is 3.55. The van der Waals surface area contributed by atoms with Crippen LogP contribution in [-0.4, -0.2) is 18.8 Å². The van der Waals surface area contributed by atoms with Crippen molar-refractivity contribution in [2.75, 3.05) is 6.61 Å². The van der Waals surface area contributed by atoms with Crippen molar-refractivity contribution in [2.45, 2.75) is 51.8 Å². The minimum absolute atomic E-state index is 0.125. The lowest BCUT2D eigenvalue weighted by Gasteiger charge is -2.34. The Morgan fingerprint density at radius 3 is 2.45 bits per heavy atom. The van der Waals surface area contributed by atoms with E-state index < -0.39 is 11.6 Å². The highest BCUT2D eigenvalue weighted by molar-refractivity contribution is 5.22. The summed E-state index contributed by atoms with van der Waals surface area (Å²) < 4.78 is 33.2. The molecule has 0 saturated carbocycles. The zero-order valence-electron chi connectivity index (χ0n) is 12.3. The van der Waals surface area contributed by atoms with E-state index in [-0.39, 0.29) is 23.8 Å². The van der Waals surface area contributed by atoms with Crippen LogP contribution in [0, 0.1) is 17.6 Å². The minimum Gasteiger partial charge on any atom is -0.378 e. The average molecular weight is 283 g/mol. The van der Waals surface area contributed by atoms with Gasteiger partial charge in [0, 0.05) is 24.3 Å². The monoisotopic (exact) mass is 283 g/mol. The smallest absolute Gasteiger partial charge is 0.130 e. The second-order valence-electron chi connectivity index (χ2n) is 5.90. The molecule has 1 heterocycles. The Morgan fingerprint density at radius 1 is 1.20 bits per heavy atom. The van der Waals surface area contributed by atoms with Gasteiger partial charge in [0.1, 0.15) is 11.6 Å². The van der Waals surface area contributed by atoms with E-state index in [0.717, 1.165) is 12.8 Å². The molecule has 0 spiro atoms.